The highest BCUT2D eigenvalue weighted by atomic mass is 35.6. The monoisotopic (exact) mass is 339 g/mol. The van der Waals surface area contributed by atoms with E-state index >= 15 is 0 Å². The third-order valence-electron chi connectivity index (χ3n) is 1.90. The van der Waals surface area contributed by atoms with Gasteiger partial charge >= 0.3 is 0 Å². The van der Waals surface area contributed by atoms with Crippen molar-refractivity contribution in [2.75, 3.05) is 0 Å². The molecule has 0 aromatic heterocycles. The van der Waals surface area contributed by atoms with E-state index in [2.05, 4.69) is 0 Å². The number of rotatable bonds is 1. The molecule has 0 bridgehead atoms. The predicted molar refractivity (Wildman–Crippen MR) is 69.3 cm³/mol. The van der Waals surface area contributed by atoms with Crippen LogP contribution in [0.1, 0.15) is 16.7 Å². The van der Waals surface area contributed by atoms with Gasteiger partial charge in [-0.15, -0.1) is 0 Å². The Kier molecular flexibility index (Phi) is 4.94. The zero-order valence-electron chi connectivity index (χ0n) is 7.62. The van der Waals surface area contributed by atoms with E-state index in [4.69, 9.17) is 69.6 Å². The van der Waals surface area contributed by atoms with Gasteiger partial charge in [0.15, 0.2) is 0 Å². The van der Waals surface area contributed by atoms with Crippen molar-refractivity contribution < 1.29 is 5.11 Å². The number of benzene rings is 1. The lowest BCUT2D eigenvalue weighted by molar-refractivity contribution is 0.177. The highest BCUT2D eigenvalue weighted by Crippen LogP contribution is 2.44. The normalized spacial score (nSPS) is 12.9. The first-order chi connectivity index (χ1) is 7.16. The first kappa shape index (κ1) is 15.0. The predicted octanol–water partition coefficient (Wildman–Crippen LogP) is 5.27. The maximum atomic E-state index is 10.9. The summed E-state index contributed by atoms with van der Waals surface area (Å²) < 4.78 is -3.34. The average molecular weight is 342 g/mol. The van der Waals surface area contributed by atoms with Crippen LogP contribution in [-0.2, 0) is 19.3 Å². The fourth-order valence-electron chi connectivity index (χ4n) is 1.14. The van der Waals surface area contributed by atoms with Crippen molar-refractivity contribution in [1.82, 2.24) is 0 Å². The molecule has 0 unspecified atom stereocenters. The lowest BCUT2D eigenvalue weighted by atomic mass is 10.1. The van der Waals surface area contributed by atoms with Crippen LogP contribution in [0.2, 0.25) is 0 Å². The molecule has 1 aromatic carbocycles. The maximum absolute atomic E-state index is 10.9. The van der Waals surface area contributed by atoms with Gasteiger partial charge in [0.25, 0.3) is 0 Å². The van der Waals surface area contributed by atoms with Gasteiger partial charge in [0.2, 0.25) is 7.59 Å². The third-order valence-corrected chi connectivity index (χ3v) is 3.16. The van der Waals surface area contributed by atoms with Crippen LogP contribution in [0.3, 0.4) is 0 Å². The summed E-state index contributed by atoms with van der Waals surface area (Å²) in [5.41, 5.74) is 0.936. The minimum Gasteiger partial charge on any atom is -0.232 e. The Balaban J connectivity index is 3.34. The largest absolute Gasteiger partial charge is 0.232 e. The lowest BCUT2D eigenvalue weighted by Crippen LogP contribution is -2.09. The van der Waals surface area contributed by atoms with Crippen LogP contribution >= 0.6 is 69.6 Å². The molecule has 0 saturated heterocycles. The number of hydrogen-bond acceptors (Lipinski definition) is 0. The highest BCUT2D eigenvalue weighted by Gasteiger charge is 2.30. The lowest BCUT2D eigenvalue weighted by Gasteiger charge is -2.19. The summed E-state index contributed by atoms with van der Waals surface area (Å²) >= 11 is 34.3. The second-order valence-corrected chi connectivity index (χ2v) is 7.57. The highest BCUT2D eigenvalue weighted by molar-refractivity contribution is 6.67. The van der Waals surface area contributed by atoms with Crippen molar-refractivity contribution in [3.8, 4) is 0 Å². The van der Waals surface area contributed by atoms with E-state index in [1.165, 1.54) is 18.2 Å². The third kappa shape index (κ3) is 3.71. The summed E-state index contributed by atoms with van der Waals surface area (Å²) in [5.74, 6) is 0. The second-order valence-electron chi connectivity index (χ2n) is 3.01. The van der Waals surface area contributed by atoms with Crippen LogP contribution in [0, 0.1) is 0 Å². The molecule has 0 N–H and O–H groups in total. The fourth-order valence-corrected chi connectivity index (χ4v) is 2.02. The van der Waals surface area contributed by atoms with Crippen molar-refractivity contribution in [2.24, 2.45) is 0 Å². The van der Waals surface area contributed by atoms with E-state index in [1.54, 1.807) is 0 Å². The van der Waals surface area contributed by atoms with E-state index in [-0.39, 0.29) is 5.56 Å². The smallest absolute Gasteiger partial charge is 0.216 e. The second kappa shape index (κ2) is 5.27. The van der Waals surface area contributed by atoms with Crippen molar-refractivity contribution in [1.29, 1.82) is 0 Å². The van der Waals surface area contributed by atoms with Crippen LogP contribution < -0.4 is 0 Å². The molecule has 0 aliphatic carbocycles. The topological polar surface area (TPSA) is 19.9 Å². The SMILES string of the molecule is [O]Cc1ccc(C(Cl)(Cl)Cl)cc1C(Cl)(Cl)Cl. The van der Waals surface area contributed by atoms with Crippen molar-refractivity contribution in [2.45, 2.75) is 14.2 Å². The molecule has 1 radical (unpaired) electrons. The van der Waals surface area contributed by atoms with E-state index in [0.29, 0.717) is 11.1 Å². The van der Waals surface area contributed by atoms with Crippen LogP contribution in [0.25, 0.3) is 0 Å². The standard InChI is InChI=1S/C9H5Cl6O/c10-8(11,12)6-2-1-5(4-16)7(3-6)9(13,14)15/h1-3H,4H2. The van der Waals surface area contributed by atoms with Crippen LogP contribution in [0.5, 0.6) is 0 Å². The molecule has 0 aliphatic rings. The first-order valence-corrected chi connectivity index (χ1v) is 6.28. The Morgan fingerprint density at radius 3 is 1.88 bits per heavy atom. The van der Waals surface area contributed by atoms with Gasteiger partial charge in [-0.25, -0.2) is 5.11 Å². The minimum absolute atomic E-state index is 0.233. The minimum atomic E-state index is -1.72. The number of hydrogen-bond donors (Lipinski definition) is 0. The van der Waals surface area contributed by atoms with Crippen LogP contribution in [-0.4, -0.2) is 0 Å². The summed E-state index contributed by atoms with van der Waals surface area (Å²) in [4.78, 5) is 0. The molecule has 0 heterocycles. The molecule has 0 atom stereocenters. The molecule has 16 heavy (non-hydrogen) atoms. The quantitative estimate of drug-likeness (QED) is 0.620. The van der Waals surface area contributed by atoms with E-state index in [9.17, 15) is 5.11 Å². The average Bonchev–Trinajstić information content (AvgIpc) is 2.14. The molecule has 0 saturated carbocycles. The van der Waals surface area contributed by atoms with Gasteiger partial charge in [-0.1, -0.05) is 81.7 Å². The zero-order valence-corrected chi connectivity index (χ0v) is 12.2. The van der Waals surface area contributed by atoms with Crippen molar-refractivity contribution in [3.63, 3.8) is 0 Å². The van der Waals surface area contributed by atoms with Crippen LogP contribution in [0.4, 0.5) is 0 Å². The molecule has 1 aromatic rings. The molecule has 0 fully saturated rings. The molecule has 89 valence electrons. The fraction of sp³-hybridized carbons (Fsp3) is 0.333. The van der Waals surface area contributed by atoms with Crippen molar-refractivity contribution >= 4 is 69.6 Å². The maximum Gasteiger partial charge on any atom is 0.216 e. The summed E-state index contributed by atoms with van der Waals surface area (Å²) in [6.07, 6.45) is 0. The summed E-state index contributed by atoms with van der Waals surface area (Å²) in [5, 5.41) is 10.9. The number of halogens is 6. The molecule has 0 spiro atoms. The molecule has 7 heteroatoms. The zero-order chi connectivity index (χ0) is 12.6. The van der Waals surface area contributed by atoms with E-state index in [0.717, 1.165) is 0 Å². The van der Waals surface area contributed by atoms with Gasteiger partial charge in [-0.05, 0) is 11.6 Å². The molecule has 0 aliphatic heterocycles. The van der Waals surface area contributed by atoms with Crippen molar-refractivity contribution in [3.05, 3.63) is 34.9 Å². The summed E-state index contributed by atoms with van der Waals surface area (Å²) in [7, 11) is 0. The Hall–Kier alpha value is 0.920. The first-order valence-electron chi connectivity index (χ1n) is 4.01. The van der Waals surface area contributed by atoms with Gasteiger partial charge in [-0.2, -0.15) is 0 Å². The van der Waals surface area contributed by atoms with E-state index in [1.807, 2.05) is 0 Å². The Bertz CT molecular complexity index is 379. The van der Waals surface area contributed by atoms with Gasteiger partial charge < -0.3 is 0 Å². The van der Waals surface area contributed by atoms with Crippen LogP contribution in [0.15, 0.2) is 18.2 Å². The molecular weight excluding hydrogens is 337 g/mol. The van der Waals surface area contributed by atoms with Gasteiger partial charge in [-0.3, -0.25) is 0 Å². The summed E-state index contributed by atoms with van der Waals surface area (Å²) in [6, 6.07) is 4.41. The van der Waals surface area contributed by atoms with E-state index < -0.39 is 14.2 Å². The Morgan fingerprint density at radius 2 is 1.50 bits per heavy atom. The molecule has 0 amide bonds. The Labute approximate surface area is 123 Å². The van der Waals surface area contributed by atoms with Gasteiger partial charge in [0.1, 0.15) is 6.61 Å². The molecule has 1 rings (SSSR count). The molecular formula is C9H5Cl6O. The van der Waals surface area contributed by atoms with Gasteiger partial charge in [0, 0.05) is 11.1 Å². The number of alkyl halides is 6. The summed E-state index contributed by atoms with van der Waals surface area (Å²) in [6.45, 7) is -0.511. The Morgan fingerprint density at radius 1 is 0.938 bits per heavy atom. The van der Waals surface area contributed by atoms with Gasteiger partial charge in [0.05, 0.1) is 0 Å². The molecule has 1 nitrogen and oxygen atoms in total.